The van der Waals surface area contributed by atoms with Gasteiger partial charge in [0.05, 0.1) is 6.61 Å². The molecule has 1 fully saturated rings. The lowest BCUT2D eigenvalue weighted by Gasteiger charge is -2.32. The van der Waals surface area contributed by atoms with Gasteiger partial charge in [-0.25, -0.2) is 0 Å². The molecule has 1 rings (SSSR count). The smallest absolute Gasteiger partial charge is 0.324 e. The lowest BCUT2D eigenvalue weighted by atomic mass is 10.1. The number of carbonyl (C=O) groups is 1. The molecular weight excluding hydrogens is 266 g/mol. The quantitative estimate of drug-likeness (QED) is 0.685. The van der Waals surface area contributed by atoms with Crippen LogP contribution >= 0.6 is 0 Å². The van der Waals surface area contributed by atoms with Crippen molar-refractivity contribution in [3.05, 3.63) is 0 Å². The van der Waals surface area contributed by atoms with Gasteiger partial charge in [-0.3, -0.25) is 9.69 Å². The first kappa shape index (κ1) is 18.4. The molecule has 124 valence electrons. The normalized spacial score (nSPS) is 22.8. The maximum atomic E-state index is 12.1. The first-order chi connectivity index (χ1) is 10.1. The Balaban J connectivity index is 2.66. The molecule has 1 N–H and O–H groups in total. The van der Waals surface area contributed by atoms with E-state index in [9.17, 15) is 4.79 Å². The number of nitrogens with one attached hydrogen (secondary N) is 1. The molecule has 1 aliphatic rings. The van der Waals surface area contributed by atoms with Crippen LogP contribution in [0, 0.1) is 0 Å². The highest BCUT2D eigenvalue weighted by Crippen LogP contribution is 2.13. The maximum Gasteiger partial charge on any atom is 0.324 e. The van der Waals surface area contributed by atoms with E-state index in [2.05, 4.69) is 36.0 Å². The second-order valence-corrected chi connectivity index (χ2v) is 5.93. The lowest BCUT2D eigenvalue weighted by Crippen LogP contribution is -2.51. The molecule has 1 saturated heterocycles. The molecule has 0 radical (unpaired) electrons. The van der Waals surface area contributed by atoms with Crippen LogP contribution in [0.4, 0.5) is 0 Å². The number of hydrogen-bond acceptors (Lipinski definition) is 5. The van der Waals surface area contributed by atoms with Crippen LogP contribution in [-0.4, -0.2) is 74.2 Å². The largest absolute Gasteiger partial charge is 0.465 e. The van der Waals surface area contributed by atoms with E-state index in [0.29, 0.717) is 12.6 Å². The highest BCUT2D eigenvalue weighted by Gasteiger charge is 2.28. The minimum absolute atomic E-state index is 0.113. The number of likely N-dealkylation sites (N-methyl/N-ethyl adjacent to an activating group) is 1. The number of hydrogen-bond donors (Lipinski definition) is 1. The lowest BCUT2D eigenvalue weighted by molar-refractivity contribution is -0.146. The van der Waals surface area contributed by atoms with E-state index in [0.717, 1.165) is 52.0 Å². The van der Waals surface area contributed by atoms with Crippen molar-refractivity contribution >= 4 is 5.97 Å². The van der Waals surface area contributed by atoms with Crippen molar-refractivity contribution in [3.63, 3.8) is 0 Å². The molecule has 0 aliphatic carbocycles. The molecule has 0 aromatic heterocycles. The van der Waals surface area contributed by atoms with Crippen LogP contribution in [0.1, 0.15) is 40.0 Å². The Morgan fingerprint density at radius 1 is 1.33 bits per heavy atom. The Hall–Kier alpha value is -0.650. The zero-order valence-corrected chi connectivity index (χ0v) is 14.2. The molecule has 0 spiro atoms. The van der Waals surface area contributed by atoms with E-state index >= 15 is 0 Å². The molecule has 21 heavy (non-hydrogen) atoms. The van der Waals surface area contributed by atoms with E-state index in [-0.39, 0.29) is 12.0 Å². The molecule has 2 atom stereocenters. The monoisotopic (exact) mass is 299 g/mol. The van der Waals surface area contributed by atoms with Gasteiger partial charge in [-0.15, -0.1) is 0 Å². The zero-order chi connectivity index (χ0) is 15.7. The maximum absolute atomic E-state index is 12.1. The molecule has 0 amide bonds. The Morgan fingerprint density at radius 2 is 2.10 bits per heavy atom. The predicted octanol–water partition coefficient (Wildman–Crippen LogP) is 1.33. The van der Waals surface area contributed by atoms with Gasteiger partial charge in [0.1, 0.15) is 6.04 Å². The number of esters is 1. The molecule has 1 aliphatic heterocycles. The summed E-state index contributed by atoms with van der Waals surface area (Å²) in [6.07, 6.45) is 3.31. The van der Waals surface area contributed by atoms with Gasteiger partial charge < -0.3 is 15.0 Å². The molecule has 5 heteroatoms. The molecule has 0 saturated carbocycles. The van der Waals surface area contributed by atoms with Crippen molar-refractivity contribution in [2.24, 2.45) is 0 Å². The Morgan fingerprint density at radius 3 is 2.71 bits per heavy atom. The Labute approximate surface area is 130 Å². The van der Waals surface area contributed by atoms with E-state index in [1.54, 1.807) is 0 Å². The van der Waals surface area contributed by atoms with E-state index in [1.807, 2.05) is 6.92 Å². The van der Waals surface area contributed by atoms with Gasteiger partial charge in [0, 0.05) is 19.1 Å². The molecule has 0 aromatic carbocycles. The van der Waals surface area contributed by atoms with Crippen LogP contribution in [0.25, 0.3) is 0 Å². The average molecular weight is 299 g/mol. The summed E-state index contributed by atoms with van der Waals surface area (Å²) in [5.74, 6) is -0.113. The summed E-state index contributed by atoms with van der Waals surface area (Å²) in [6, 6.07) is 0.320. The summed E-state index contributed by atoms with van der Waals surface area (Å²) in [7, 11) is 2.18. The third kappa shape index (κ3) is 6.32. The second-order valence-electron chi connectivity index (χ2n) is 5.93. The Kier molecular flexibility index (Phi) is 8.88. The molecule has 5 nitrogen and oxygen atoms in total. The van der Waals surface area contributed by atoms with Crippen molar-refractivity contribution in [1.82, 2.24) is 15.1 Å². The summed E-state index contributed by atoms with van der Waals surface area (Å²) in [5, 5.41) is 3.35. The summed E-state index contributed by atoms with van der Waals surface area (Å²) in [4.78, 5) is 17.0. The fourth-order valence-electron chi connectivity index (χ4n) is 2.94. The standard InChI is InChI=1S/C16H33N3O2/c1-5-9-17-15(16(20)21-7-3)13-19-11-8-10-18(4)12-14(19)6-2/h14-15,17H,5-13H2,1-4H3. The number of rotatable bonds is 8. The minimum Gasteiger partial charge on any atom is -0.465 e. The third-order valence-corrected chi connectivity index (χ3v) is 4.12. The zero-order valence-electron chi connectivity index (χ0n) is 14.2. The van der Waals surface area contributed by atoms with Crippen LogP contribution in [0.15, 0.2) is 0 Å². The molecule has 1 heterocycles. The van der Waals surface area contributed by atoms with Gasteiger partial charge >= 0.3 is 5.97 Å². The van der Waals surface area contributed by atoms with Gasteiger partial charge in [0.2, 0.25) is 0 Å². The Bertz CT molecular complexity index is 299. The van der Waals surface area contributed by atoms with Gasteiger partial charge in [-0.2, -0.15) is 0 Å². The average Bonchev–Trinajstić information content (AvgIpc) is 2.64. The van der Waals surface area contributed by atoms with E-state index < -0.39 is 0 Å². The summed E-state index contributed by atoms with van der Waals surface area (Å²) in [6.45, 7) is 11.6. The van der Waals surface area contributed by atoms with Gasteiger partial charge in [-0.05, 0) is 52.9 Å². The van der Waals surface area contributed by atoms with Crippen molar-refractivity contribution in [2.75, 3.05) is 46.4 Å². The molecule has 0 bridgehead atoms. The number of ether oxygens (including phenoxy) is 1. The van der Waals surface area contributed by atoms with Crippen LogP contribution < -0.4 is 5.32 Å². The van der Waals surface area contributed by atoms with Crippen molar-refractivity contribution < 1.29 is 9.53 Å². The summed E-state index contributed by atoms with van der Waals surface area (Å²) >= 11 is 0. The van der Waals surface area contributed by atoms with E-state index in [4.69, 9.17) is 4.74 Å². The summed E-state index contributed by atoms with van der Waals surface area (Å²) in [5.41, 5.74) is 0. The fraction of sp³-hybridized carbons (Fsp3) is 0.938. The van der Waals surface area contributed by atoms with Crippen molar-refractivity contribution in [1.29, 1.82) is 0 Å². The van der Waals surface area contributed by atoms with Crippen LogP contribution in [-0.2, 0) is 9.53 Å². The van der Waals surface area contributed by atoms with Crippen molar-refractivity contribution in [2.45, 2.75) is 52.1 Å². The topological polar surface area (TPSA) is 44.8 Å². The molecule has 0 aromatic rings. The second kappa shape index (κ2) is 10.1. The minimum atomic E-state index is -0.206. The third-order valence-electron chi connectivity index (χ3n) is 4.12. The number of nitrogens with zero attached hydrogens (tertiary/aromatic N) is 2. The van der Waals surface area contributed by atoms with E-state index in [1.165, 1.54) is 0 Å². The first-order valence-corrected chi connectivity index (χ1v) is 8.44. The number of carbonyl (C=O) groups excluding carboxylic acids is 1. The van der Waals surface area contributed by atoms with Gasteiger partial charge in [0.25, 0.3) is 0 Å². The van der Waals surface area contributed by atoms with Crippen LogP contribution in [0.5, 0.6) is 0 Å². The van der Waals surface area contributed by atoms with Gasteiger partial charge in [0.15, 0.2) is 0 Å². The SMILES string of the molecule is CCCNC(CN1CCCN(C)CC1CC)C(=O)OCC. The highest BCUT2D eigenvalue weighted by atomic mass is 16.5. The van der Waals surface area contributed by atoms with Crippen LogP contribution in [0.2, 0.25) is 0 Å². The molecule has 2 unspecified atom stereocenters. The molecular formula is C16H33N3O2. The van der Waals surface area contributed by atoms with Gasteiger partial charge in [-0.1, -0.05) is 13.8 Å². The van der Waals surface area contributed by atoms with Crippen molar-refractivity contribution in [3.8, 4) is 0 Å². The highest BCUT2D eigenvalue weighted by molar-refractivity contribution is 5.76. The fourth-order valence-corrected chi connectivity index (χ4v) is 2.94. The first-order valence-electron chi connectivity index (χ1n) is 8.44. The van der Waals surface area contributed by atoms with Crippen LogP contribution in [0.3, 0.4) is 0 Å². The summed E-state index contributed by atoms with van der Waals surface area (Å²) < 4.78 is 5.23. The predicted molar refractivity (Wildman–Crippen MR) is 86.5 cm³/mol.